The maximum Gasteiger partial charge on any atom is 0.253 e. The van der Waals surface area contributed by atoms with Crippen molar-refractivity contribution in [3.63, 3.8) is 0 Å². The topological polar surface area (TPSA) is 43.3 Å². The van der Waals surface area contributed by atoms with Gasteiger partial charge in [-0.3, -0.25) is 4.79 Å². The van der Waals surface area contributed by atoms with E-state index in [0.717, 1.165) is 55.3 Å². The molecule has 4 nitrogen and oxygen atoms in total. The Balaban J connectivity index is 1.58. The molecule has 2 saturated carbocycles. The predicted octanol–water partition coefficient (Wildman–Crippen LogP) is 7.64. The second-order valence-corrected chi connectivity index (χ2v) is 13.8. The van der Waals surface area contributed by atoms with E-state index in [1.807, 2.05) is 11.8 Å². The van der Waals surface area contributed by atoms with Gasteiger partial charge < -0.3 is 14.6 Å². The van der Waals surface area contributed by atoms with Crippen molar-refractivity contribution in [1.82, 2.24) is 9.88 Å². The molecule has 1 aromatic heterocycles. The number of thioether (sulfide) groups is 1. The number of carbonyl (C=O) groups excluding carboxylic acids is 1. The first-order valence-electron chi connectivity index (χ1n) is 14.5. The summed E-state index contributed by atoms with van der Waals surface area (Å²) in [5.41, 5.74) is 7.40. The van der Waals surface area contributed by atoms with E-state index in [2.05, 4.69) is 62.0 Å². The summed E-state index contributed by atoms with van der Waals surface area (Å²) in [5.74, 6) is 2.96. The molecule has 0 saturated heterocycles. The van der Waals surface area contributed by atoms with Crippen molar-refractivity contribution < 1.29 is 9.53 Å². The van der Waals surface area contributed by atoms with Crippen LogP contribution in [0.25, 0.3) is 11.3 Å². The maximum atomic E-state index is 13.3. The number of rotatable bonds is 8. The van der Waals surface area contributed by atoms with Crippen LogP contribution >= 0.6 is 11.8 Å². The van der Waals surface area contributed by atoms with Gasteiger partial charge in [0.2, 0.25) is 0 Å². The molecule has 1 N–H and O–H groups in total. The highest BCUT2D eigenvalue weighted by Crippen LogP contribution is 2.58. The van der Waals surface area contributed by atoms with E-state index >= 15 is 0 Å². The van der Waals surface area contributed by atoms with Crippen LogP contribution in [0.4, 0.5) is 0 Å². The fourth-order valence-electron chi connectivity index (χ4n) is 6.53. The summed E-state index contributed by atoms with van der Waals surface area (Å²) in [7, 11) is 0. The van der Waals surface area contributed by atoms with Gasteiger partial charge in [0.25, 0.3) is 5.91 Å². The van der Waals surface area contributed by atoms with Crippen LogP contribution in [0.1, 0.15) is 106 Å². The summed E-state index contributed by atoms with van der Waals surface area (Å²) in [5, 5.41) is 3.19. The van der Waals surface area contributed by atoms with E-state index in [-0.39, 0.29) is 11.3 Å². The minimum absolute atomic E-state index is 0.0131. The average Bonchev–Trinajstić information content (AvgIpc) is 3.58. The smallest absolute Gasteiger partial charge is 0.253 e. The third kappa shape index (κ3) is 5.48. The van der Waals surface area contributed by atoms with Crippen molar-refractivity contribution >= 4 is 17.7 Å². The molecule has 202 valence electrons. The number of ether oxygens (including phenoxy) is 1. The third-order valence-electron chi connectivity index (χ3n) is 9.03. The number of nitrogens with zero attached hydrogens (tertiary/aromatic N) is 1. The van der Waals surface area contributed by atoms with E-state index in [1.54, 1.807) is 0 Å². The molecule has 1 aromatic carbocycles. The number of fused-ring (bicyclic) bond motifs is 2. The molecular formula is C32H46N2O2S. The normalized spacial score (nSPS) is 18.9. The first kappa shape index (κ1) is 26.7. The predicted molar refractivity (Wildman–Crippen MR) is 156 cm³/mol. The highest BCUT2D eigenvalue weighted by molar-refractivity contribution is 7.98. The van der Waals surface area contributed by atoms with Gasteiger partial charge in [0.15, 0.2) is 0 Å². The standard InChI is InChI=1S/C32H46N2O2S/c1-22-25(30(35)33-15-9-17-37-5)20-28(34(22)21-23-10-7-6-8-11-23)24-18-26(31(2,3)4)29-27(19-24)32(12-13-32)14-16-36-29/h18-20,23H,6-17,21H2,1-5H3,(H,33,35). The SMILES string of the molecule is CSCCCNC(=O)c1cc(-c2cc(C(C)(C)C)c3c(c2)C2(CCO3)CC2)n(CC2CCCCC2)c1C. The fourth-order valence-corrected chi connectivity index (χ4v) is 6.96. The van der Waals surface area contributed by atoms with Crippen LogP contribution in [0.2, 0.25) is 0 Å². The van der Waals surface area contributed by atoms with Crippen molar-refractivity contribution in [3.05, 3.63) is 40.6 Å². The Morgan fingerprint density at radius 3 is 2.57 bits per heavy atom. The van der Waals surface area contributed by atoms with Crippen molar-refractivity contribution in [2.24, 2.45) is 5.92 Å². The van der Waals surface area contributed by atoms with Gasteiger partial charge in [-0.15, -0.1) is 0 Å². The van der Waals surface area contributed by atoms with Gasteiger partial charge in [-0.1, -0.05) is 40.0 Å². The number of aromatic nitrogens is 1. The lowest BCUT2D eigenvalue weighted by molar-refractivity contribution is 0.0953. The average molecular weight is 523 g/mol. The van der Waals surface area contributed by atoms with Crippen molar-refractivity contribution in [3.8, 4) is 17.0 Å². The van der Waals surface area contributed by atoms with E-state index in [0.29, 0.717) is 11.3 Å². The molecule has 2 aromatic rings. The minimum Gasteiger partial charge on any atom is -0.493 e. The summed E-state index contributed by atoms with van der Waals surface area (Å²) < 4.78 is 8.83. The lowest BCUT2D eigenvalue weighted by Gasteiger charge is -2.33. The van der Waals surface area contributed by atoms with Crippen LogP contribution < -0.4 is 10.1 Å². The Morgan fingerprint density at radius 2 is 1.89 bits per heavy atom. The molecule has 5 rings (SSSR count). The molecule has 0 radical (unpaired) electrons. The van der Waals surface area contributed by atoms with Gasteiger partial charge in [-0.05, 0) is 92.6 Å². The lowest BCUT2D eigenvalue weighted by atomic mass is 9.79. The molecule has 1 aliphatic heterocycles. The van der Waals surface area contributed by atoms with Crippen LogP contribution in [-0.2, 0) is 17.4 Å². The molecular weight excluding hydrogens is 476 g/mol. The van der Waals surface area contributed by atoms with Crippen LogP contribution in [0.15, 0.2) is 18.2 Å². The Hall–Kier alpha value is -1.88. The number of hydrogen-bond donors (Lipinski definition) is 1. The third-order valence-corrected chi connectivity index (χ3v) is 9.73. The molecule has 37 heavy (non-hydrogen) atoms. The van der Waals surface area contributed by atoms with E-state index in [1.165, 1.54) is 67.3 Å². The quantitative estimate of drug-likeness (QED) is 0.362. The van der Waals surface area contributed by atoms with Gasteiger partial charge in [0, 0.05) is 41.0 Å². The molecule has 2 heterocycles. The Morgan fingerprint density at radius 1 is 1.14 bits per heavy atom. The summed E-state index contributed by atoms with van der Waals surface area (Å²) in [4.78, 5) is 13.3. The van der Waals surface area contributed by atoms with Crippen LogP contribution in [-0.4, -0.2) is 35.6 Å². The van der Waals surface area contributed by atoms with E-state index in [9.17, 15) is 4.79 Å². The van der Waals surface area contributed by atoms with Crippen LogP contribution in [0.3, 0.4) is 0 Å². The number of benzene rings is 1. The molecule has 2 aliphatic carbocycles. The summed E-state index contributed by atoms with van der Waals surface area (Å²) in [6, 6.07) is 6.97. The van der Waals surface area contributed by atoms with Gasteiger partial charge in [-0.25, -0.2) is 0 Å². The highest BCUT2D eigenvalue weighted by atomic mass is 32.2. The Labute approximate surface area is 228 Å². The maximum absolute atomic E-state index is 13.3. The van der Waals surface area contributed by atoms with Crippen molar-refractivity contribution in [1.29, 1.82) is 0 Å². The van der Waals surface area contributed by atoms with Gasteiger partial charge in [0.1, 0.15) is 5.75 Å². The molecule has 5 heteroatoms. The number of amides is 1. The largest absolute Gasteiger partial charge is 0.493 e. The summed E-state index contributed by atoms with van der Waals surface area (Å²) in [6.45, 7) is 11.6. The second-order valence-electron chi connectivity index (χ2n) is 12.8. The Kier molecular flexibility index (Phi) is 7.73. The van der Waals surface area contributed by atoms with Crippen LogP contribution in [0, 0.1) is 12.8 Å². The molecule has 1 spiro atoms. The zero-order chi connectivity index (χ0) is 26.2. The monoisotopic (exact) mass is 522 g/mol. The van der Waals surface area contributed by atoms with Gasteiger partial charge >= 0.3 is 0 Å². The first-order chi connectivity index (χ1) is 17.7. The molecule has 0 atom stereocenters. The molecule has 0 bridgehead atoms. The minimum atomic E-state index is -0.0131. The Bertz CT molecular complexity index is 1120. The lowest BCUT2D eigenvalue weighted by Crippen LogP contribution is -2.25. The molecule has 0 unspecified atom stereocenters. The highest BCUT2D eigenvalue weighted by Gasteiger charge is 2.49. The first-order valence-corrected chi connectivity index (χ1v) is 15.9. The number of carbonyl (C=O) groups is 1. The zero-order valence-electron chi connectivity index (χ0n) is 23.7. The van der Waals surface area contributed by atoms with E-state index < -0.39 is 0 Å². The fraction of sp³-hybridized carbons (Fsp3) is 0.656. The molecule has 1 amide bonds. The van der Waals surface area contributed by atoms with Gasteiger partial charge in [0.05, 0.1) is 12.2 Å². The van der Waals surface area contributed by atoms with Crippen molar-refractivity contribution in [2.75, 3.05) is 25.2 Å². The zero-order valence-corrected chi connectivity index (χ0v) is 24.5. The second kappa shape index (κ2) is 10.7. The summed E-state index contributed by atoms with van der Waals surface area (Å²) in [6.07, 6.45) is 13.4. The van der Waals surface area contributed by atoms with Crippen molar-refractivity contribution in [2.45, 2.75) is 103 Å². The van der Waals surface area contributed by atoms with Crippen LogP contribution in [0.5, 0.6) is 5.75 Å². The number of nitrogens with one attached hydrogen (secondary N) is 1. The van der Waals surface area contributed by atoms with Gasteiger partial charge in [-0.2, -0.15) is 11.8 Å². The molecule has 3 aliphatic rings. The van der Waals surface area contributed by atoms with E-state index in [4.69, 9.17) is 4.74 Å². The molecule has 2 fully saturated rings. The number of hydrogen-bond acceptors (Lipinski definition) is 3. The summed E-state index contributed by atoms with van der Waals surface area (Å²) >= 11 is 1.83.